The molecule has 0 radical (unpaired) electrons. The van der Waals surface area contributed by atoms with E-state index in [1.165, 1.54) is 13.5 Å². The van der Waals surface area contributed by atoms with Crippen molar-refractivity contribution in [2.24, 2.45) is 51.3 Å². The minimum atomic E-state index is -1.08. The molecule has 0 bridgehead atoms. The van der Waals surface area contributed by atoms with Crippen molar-refractivity contribution in [1.29, 1.82) is 0 Å². The van der Waals surface area contributed by atoms with Crippen LogP contribution in [-0.2, 0) is 24.0 Å². The van der Waals surface area contributed by atoms with Gasteiger partial charge in [-0.15, -0.1) is 0 Å². The van der Waals surface area contributed by atoms with Crippen LogP contribution in [0.2, 0.25) is 0 Å². The number of nitrogens with zero attached hydrogens (tertiary/aromatic N) is 2. The Morgan fingerprint density at radius 3 is 2.15 bits per heavy atom. The number of rotatable bonds is 13. The number of hydrogen-bond acceptors (Lipinski definition) is 7. The van der Waals surface area contributed by atoms with Crippen LogP contribution in [0, 0.1) is 40.4 Å². The van der Waals surface area contributed by atoms with Crippen molar-refractivity contribution < 1.29 is 28.8 Å². The average molecular weight is 643 g/mol. The maximum Gasteiger partial charge on any atom is 0.315 e. The van der Waals surface area contributed by atoms with Gasteiger partial charge in [0.2, 0.25) is 17.6 Å². The Bertz CT molecular complexity index is 1240. The Kier molecular flexibility index (Phi) is 9.76. The molecule has 1 heterocycles. The Hall–Kier alpha value is -3.18. The number of nitrogens with two attached hydrogens (primary N) is 1. The van der Waals surface area contributed by atoms with Gasteiger partial charge < -0.3 is 31.4 Å². The summed E-state index contributed by atoms with van der Waals surface area (Å²) in [6, 6.07) is -3.49. The van der Waals surface area contributed by atoms with Gasteiger partial charge in [-0.05, 0) is 66.6 Å². The molecule has 46 heavy (non-hydrogen) atoms. The summed E-state index contributed by atoms with van der Waals surface area (Å²) in [5.41, 5.74) is 5.36. The molecule has 0 spiro atoms. The standard InChI is InChI=1S/C34H54N6O6/c1-33(2,3)28(38-32(45)37-24(19-10-8-7-9-11-19)25(39-46-6)20-14-15-20)31(44)40-17-21-23(34(21,4)5)26(40)30(43)36-22(16-18-12-13-18)27(41)29(35)42/h18-24,26,28H,7-17H2,1-6H3,(H2,35,42)(H,36,43)(H2,37,38,45)/b39-25-/t21-,22?,23-,24-,26-,28+/m0/s1. The number of piperidine rings is 1. The molecule has 4 aliphatic carbocycles. The second-order valence-electron chi connectivity index (χ2n) is 16.1. The zero-order valence-corrected chi connectivity index (χ0v) is 28.4. The number of urea groups is 1. The molecule has 1 aliphatic heterocycles. The first kappa shape index (κ1) is 34.2. The van der Waals surface area contributed by atoms with Crippen molar-refractivity contribution in [2.75, 3.05) is 13.7 Å². The first-order valence-electron chi connectivity index (χ1n) is 17.3. The molecular formula is C34H54N6O6. The number of Topliss-reactive ketones (excluding diaryl/α,β-unsaturated/α-hetero) is 1. The molecule has 12 heteroatoms. The van der Waals surface area contributed by atoms with Crippen LogP contribution in [0.5, 0.6) is 0 Å². The number of primary amides is 1. The zero-order valence-electron chi connectivity index (χ0n) is 28.4. The Labute approximate surface area is 272 Å². The van der Waals surface area contributed by atoms with Crippen LogP contribution >= 0.6 is 0 Å². The molecule has 0 aromatic carbocycles. The second kappa shape index (κ2) is 13.1. The summed E-state index contributed by atoms with van der Waals surface area (Å²) in [5.74, 6) is -1.88. The molecule has 5 N–H and O–H groups in total. The van der Waals surface area contributed by atoms with E-state index in [1.807, 2.05) is 20.8 Å². The largest absolute Gasteiger partial charge is 0.399 e. The van der Waals surface area contributed by atoms with Crippen molar-refractivity contribution in [2.45, 2.75) is 123 Å². The molecule has 12 nitrogen and oxygen atoms in total. The lowest BCUT2D eigenvalue weighted by Crippen LogP contribution is -2.62. The molecule has 256 valence electrons. The van der Waals surface area contributed by atoms with Gasteiger partial charge in [0, 0.05) is 12.5 Å². The molecule has 0 aromatic rings. The predicted octanol–water partition coefficient (Wildman–Crippen LogP) is 2.88. The highest BCUT2D eigenvalue weighted by Gasteiger charge is 2.70. The fourth-order valence-electron chi connectivity index (χ4n) is 8.06. The van der Waals surface area contributed by atoms with E-state index in [4.69, 9.17) is 10.6 Å². The number of hydrogen-bond donors (Lipinski definition) is 4. The van der Waals surface area contributed by atoms with E-state index in [0.717, 1.165) is 57.1 Å². The SMILES string of the molecule is CO/N=C(/C1CC1)[C@@H](NC(=O)N[C@H](C(=O)N1C[C@H]2[C@@H]([C@H]1C(=O)NC(CC1CC1)C(=O)C(N)=O)C2(C)C)C(C)(C)C)C1CCCCC1. The number of nitrogens with one attached hydrogen (secondary N) is 3. The van der Waals surface area contributed by atoms with Crippen LogP contribution in [0.25, 0.3) is 0 Å². The third-order valence-electron chi connectivity index (χ3n) is 11.2. The third-order valence-corrected chi connectivity index (χ3v) is 11.2. The summed E-state index contributed by atoms with van der Waals surface area (Å²) in [5, 5.41) is 13.4. The first-order chi connectivity index (χ1) is 21.6. The molecule has 0 aromatic heterocycles. The lowest BCUT2D eigenvalue weighted by molar-refractivity contribution is -0.145. The molecule has 1 unspecified atom stereocenters. The number of carbonyl (C=O) groups is 5. The van der Waals surface area contributed by atoms with E-state index < -0.39 is 47.2 Å². The van der Waals surface area contributed by atoms with Gasteiger partial charge in [-0.2, -0.15) is 0 Å². The van der Waals surface area contributed by atoms with Crippen LogP contribution in [0.1, 0.15) is 98.8 Å². The zero-order chi connectivity index (χ0) is 33.6. The van der Waals surface area contributed by atoms with Crippen molar-refractivity contribution in [3.8, 4) is 0 Å². The molecule has 5 rings (SSSR count). The lowest BCUT2D eigenvalue weighted by Gasteiger charge is -2.38. The second-order valence-corrected chi connectivity index (χ2v) is 16.1. The molecule has 4 saturated carbocycles. The maximum atomic E-state index is 14.4. The monoisotopic (exact) mass is 642 g/mol. The number of ketones is 1. The van der Waals surface area contributed by atoms with Gasteiger partial charge in [-0.3, -0.25) is 19.2 Å². The van der Waals surface area contributed by atoms with E-state index in [0.29, 0.717) is 13.0 Å². The lowest BCUT2D eigenvalue weighted by atomic mass is 9.81. The summed E-state index contributed by atoms with van der Waals surface area (Å²) in [7, 11) is 1.53. The highest BCUT2D eigenvalue weighted by molar-refractivity contribution is 6.37. The maximum absolute atomic E-state index is 14.4. The van der Waals surface area contributed by atoms with Crippen LogP contribution in [0.15, 0.2) is 5.16 Å². The van der Waals surface area contributed by atoms with E-state index >= 15 is 0 Å². The van der Waals surface area contributed by atoms with Gasteiger partial charge in [-0.25, -0.2) is 4.79 Å². The summed E-state index contributed by atoms with van der Waals surface area (Å²) in [4.78, 5) is 73.3. The predicted molar refractivity (Wildman–Crippen MR) is 172 cm³/mol. The van der Waals surface area contributed by atoms with Crippen molar-refractivity contribution in [3.05, 3.63) is 0 Å². The van der Waals surface area contributed by atoms with Gasteiger partial charge in [0.05, 0.1) is 17.8 Å². The number of amides is 5. The summed E-state index contributed by atoms with van der Waals surface area (Å²) < 4.78 is 0. The number of carbonyl (C=O) groups excluding carboxylic acids is 5. The van der Waals surface area contributed by atoms with E-state index in [2.05, 4.69) is 35.0 Å². The number of likely N-dealkylation sites (tertiary alicyclic amines) is 1. The Balaban J connectivity index is 1.34. The first-order valence-corrected chi connectivity index (χ1v) is 17.3. The molecule has 5 fully saturated rings. The van der Waals surface area contributed by atoms with Gasteiger partial charge in [-0.1, -0.05) is 71.9 Å². The highest BCUT2D eigenvalue weighted by atomic mass is 16.6. The minimum Gasteiger partial charge on any atom is -0.399 e. The van der Waals surface area contributed by atoms with Crippen LogP contribution in [-0.4, -0.2) is 78.0 Å². The van der Waals surface area contributed by atoms with Crippen molar-refractivity contribution >= 4 is 35.2 Å². The molecule has 1 saturated heterocycles. The molecule has 5 aliphatic rings. The molecular weight excluding hydrogens is 588 g/mol. The average Bonchev–Trinajstić information content (AvgIpc) is 3.95. The highest BCUT2D eigenvalue weighted by Crippen LogP contribution is 2.65. The Morgan fingerprint density at radius 2 is 1.61 bits per heavy atom. The molecule has 5 amide bonds. The topological polar surface area (TPSA) is 172 Å². The third kappa shape index (κ3) is 7.35. The van der Waals surface area contributed by atoms with E-state index in [1.54, 1.807) is 4.90 Å². The summed E-state index contributed by atoms with van der Waals surface area (Å²) >= 11 is 0. The van der Waals surface area contributed by atoms with E-state index in [9.17, 15) is 24.0 Å². The number of oxime groups is 1. The minimum absolute atomic E-state index is 0.0989. The summed E-state index contributed by atoms with van der Waals surface area (Å²) in [6.07, 6.45) is 9.62. The van der Waals surface area contributed by atoms with Crippen LogP contribution in [0.3, 0.4) is 0 Å². The van der Waals surface area contributed by atoms with Gasteiger partial charge >= 0.3 is 6.03 Å². The van der Waals surface area contributed by atoms with Gasteiger partial charge in [0.1, 0.15) is 19.2 Å². The fourth-order valence-corrected chi connectivity index (χ4v) is 8.06. The normalized spacial score (nSPS) is 27.9. The Morgan fingerprint density at radius 1 is 0.957 bits per heavy atom. The van der Waals surface area contributed by atoms with Crippen LogP contribution < -0.4 is 21.7 Å². The quantitative estimate of drug-likeness (QED) is 0.137. The van der Waals surface area contributed by atoms with Gasteiger partial charge in [0.25, 0.3) is 5.91 Å². The smallest absolute Gasteiger partial charge is 0.315 e. The van der Waals surface area contributed by atoms with Crippen molar-refractivity contribution in [3.63, 3.8) is 0 Å². The van der Waals surface area contributed by atoms with Gasteiger partial charge in [0.15, 0.2) is 0 Å². The van der Waals surface area contributed by atoms with Crippen molar-refractivity contribution in [1.82, 2.24) is 20.9 Å². The van der Waals surface area contributed by atoms with Crippen LogP contribution in [0.4, 0.5) is 4.79 Å². The fraction of sp³-hybridized carbons (Fsp3) is 0.824. The summed E-state index contributed by atoms with van der Waals surface area (Å²) in [6.45, 7) is 10.2. The molecule has 6 atom stereocenters. The number of fused-ring (bicyclic) bond motifs is 1. The van der Waals surface area contributed by atoms with E-state index in [-0.39, 0.29) is 47.0 Å².